The summed E-state index contributed by atoms with van der Waals surface area (Å²) in [5.74, 6) is 0. The zero-order valence-electron chi connectivity index (χ0n) is 10.0. The van der Waals surface area contributed by atoms with E-state index in [9.17, 15) is 0 Å². The van der Waals surface area contributed by atoms with Gasteiger partial charge in [-0.3, -0.25) is 0 Å². The second-order valence-corrected chi connectivity index (χ2v) is 5.46. The van der Waals surface area contributed by atoms with Gasteiger partial charge in [-0.05, 0) is 24.3 Å². The lowest BCUT2D eigenvalue weighted by Crippen LogP contribution is -3.00. The molecule has 0 spiro atoms. The zero-order chi connectivity index (χ0) is 12.1. The van der Waals surface area contributed by atoms with E-state index in [1.807, 2.05) is 23.5 Å². The molecule has 2 nitrogen and oxygen atoms in total. The summed E-state index contributed by atoms with van der Waals surface area (Å²) in [5, 5.41) is 1.18. The van der Waals surface area contributed by atoms with Crippen molar-refractivity contribution in [2.24, 2.45) is 0 Å². The number of aromatic nitrogens is 1. The van der Waals surface area contributed by atoms with Gasteiger partial charge in [0.25, 0.3) is 4.83 Å². The first-order valence-electron chi connectivity index (χ1n) is 5.84. The summed E-state index contributed by atoms with van der Waals surface area (Å²) >= 11 is 1.81. The smallest absolute Gasteiger partial charge is 0.268 e. The van der Waals surface area contributed by atoms with Gasteiger partial charge >= 0.3 is 0 Å². The number of nitrogens with two attached hydrogens (primary N) is 1. The molecule has 0 aliphatic heterocycles. The van der Waals surface area contributed by atoms with Gasteiger partial charge in [0.1, 0.15) is 4.70 Å². The van der Waals surface area contributed by atoms with E-state index in [0.29, 0.717) is 0 Å². The Morgan fingerprint density at radius 1 is 0.895 bits per heavy atom. The van der Waals surface area contributed by atoms with Crippen molar-refractivity contribution in [1.29, 1.82) is 0 Å². The number of para-hydroxylation sites is 1. The van der Waals surface area contributed by atoms with Gasteiger partial charge in [0.05, 0.1) is 0 Å². The van der Waals surface area contributed by atoms with Crippen molar-refractivity contribution in [2.75, 3.05) is 5.73 Å². The van der Waals surface area contributed by atoms with E-state index < -0.39 is 0 Å². The largest absolute Gasteiger partial charge is 1.00 e. The number of nitrogens with zero attached hydrogens (tertiary/aromatic N) is 1. The highest BCUT2D eigenvalue weighted by Crippen LogP contribution is 2.24. The minimum atomic E-state index is 0. The second-order valence-electron chi connectivity index (χ2n) is 4.40. The third-order valence-electron chi connectivity index (χ3n) is 3.24. The number of hydrogen-bond donors (Lipinski definition) is 1. The normalized spacial score (nSPS) is 10.9. The van der Waals surface area contributed by atoms with E-state index in [2.05, 4.69) is 46.9 Å². The van der Waals surface area contributed by atoms with Crippen molar-refractivity contribution >= 4 is 43.0 Å². The van der Waals surface area contributed by atoms with Crippen molar-refractivity contribution in [3.8, 4) is 0 Å². The number of anilines is 1. The number of pyridine rings is 1. The Bertz CT molecular complexity index is 898. The minimum Gasteiger partial charge on any atom is -1.00 e. The van der Waals surface area contributed by atoms with Crippen molar-refractivity contribution in [1.82, 2.24) is 0 Å². The monoisotopic (exact) mass is 286 g/mol. The maximum Gasteiger partial charge on any atom is 0.268 e. The van der Waals surface area contributed by atoms with Crippen molar-refractivity contribution in [3.63, 3.8) is 0 Å². The lowest BCUT2D eigenvalue weighted by molar-refractivity contribution is -0.446. The first kappa shape index (κ1) is 12.2. The quantitative estimate of drug-likeness (QED) is 0.368. The highest BCUT2D eigenvalue weighted by atomic mass is 35.5. The van der Waals surface area contributed by atoms with Gasteiger partial charge in [-0.25, -0.2) is 0 Å². The molecule has 0 unspecified atom stereocenters. The standard InChI is InChI=1S/C15H11N2S.ClH/c16-11-6-7-12-10(9-11)5-8-15-17(12)13-3-1-2-4-14(13)18-15;/h1-9H,16H2;1H/q+1;/p-1. The molecule has 4 rings (SSSR count). The lowest BCUT2D eigenvalue weighted by Gasteiger charge is -1.96. The van der Waals surface area contributed by atoms with Gasteiger partial charge in [-0.15, -0.1) is 4.40 Å². The highest BCUT2D eigenvalue weighted by Gasteiger charge is 2.16. The third kappa shape index (κ3) is 1.74. The summed E-state index contributed by atoms with van der Waals surface area (Å²) in [6, 6.07) is 18.9. The first-order chi connectivity index (χ1) is 8.83. The Morgan fingerprint density at radius 2 is 1.74 bits per heavy atom. The maximum atomic E-state index is 5.85. The predicted molar refractivity (Wildman–Crippen MR) is 76.9 cm³/mol. The summed E-state index contributed by atoms with van der Waals surface area (Å²) in [5.41, 5.74) is 9.12. The molecule has 94 valence electrons. The van der Waals surface area contributed by atoms with Crippen LogP contribution in [0.4, 0.5) is 5.69 Å². The molecular formula is C15H11ClN2S. The van der Waals surface area contributed by atoms with E-state index in [0.717, 1.165) is 5.69 Å². The van der Waals surface area contributed by atoms with Crippen molar-refractivity contribution < 1.29 is 16.8 Å². The molecule has 0 saturated heterocycles. The second kappa shape index (κ2) is 4.37. The molecule has 0 amide bonds. The summed E-state index contributed by atoms with van der Waals surface area (Å²) in [4.78, 5) is 1.26. The predicted octanol–water partition coefficient (Wildman–Crippen LogP) is 0.379. The summed E-state index contributed by atoms with van der Waals surface area (Å²) < 4.78 is 3.61. The molecule has 0 bridgehead atoms. The SMILES string of the molecule is Nc1ccc2c(ccc3sc4ccccc4[n+]32)c1.[Cl-]. The fraction of sp³-hybridized carbons (Fsp3) is 0. The molecule has 4 heteroatoms. The van der Waals surface area contributed by atoms with Gasteiger partial charge in [0.2, 0.25) is 11.0 Å². The fourth-order valence-electron chi connectivity index (χ4n) is 2.43. The molecule has 0 aliphatic rings. The van der Waals surface area contributed by atoms with Crippen LogP contribution in [0.5, 0.6) is 0 Å². The molecule has 4 aromatic rings. The van der Waals surface area contributed by atoms with E-state index >= 15 is 0 Å². The maximum absolute atomic E-state index is 5.85. The Kier molecular flexibility index (Phi) is 2.81. The summed E-state index contributed by atoms with van der Waals surface area (Å²) in [6.45, 7) is 0. The molecule has 0 fully saturated rings. The van der Waals surface area contributed by atoms with Crippen LogP contribution in [0.15, 0.2) is 54.6 Å². The molecule has 2 aromatic heterocycles. The number of halogens is 1. The van der Waals surface area contributed by atoms with Crippen molar-refractivity contribution in [2.45, 2.75) is 0 Å². The average molecular weight is 287 g/mol. The number of rotatable bonds is 0. The van der Waals surface area contributed by atoms with Crippen LogP contribution >= 0.6 is 11.3 Å². The Labute approximate surface area is 120 Å². The molecule has 2 N–H and O–H groups in total. The van der Waals surface area contributed by atoms with E-state index in [1.54, 1.807) is 0 Å². The molecule has 19 heavy (non-hydrogen) atoms. The van der Waals surface area contributed by atoms with Gasteiger partial charge in [0.15, 0.2) is 0 Å². The topological polar surface area (TPSA) is 30.1 Å². The van der Waals surface area contributed by atoms with E-state index in [-0.39, 0.29) is 12.4 Å². The molecule has 0 saturated carbocycles. The van der Waals surface area contributed by atoms with Crippen LogP contribution in [0.2, 0.25) is 0 Å². The van der Waals surface area contributed by atoms with E-state index in [4.69, 9.17) is 5.73 Å². The molecule has 0 atom stereocenters. The number of hydrogen-bond acceptors (Lipinski definition) is 2. The Balaban J connectivity index is 0.00000110. The minimum absolute atomic E-state index is 0. The van der Waals surface area contributed by atoms with Crippen LogP contribution in [-0.2, 0) is 0 Å². The third-order valence-corrected chi connectivity index (χ3v) is 4.33. The van der Waals surface area contributed by atoms with Gasteiger partial charge in [-0.2, -0.15) is 0 Å². The van der Waals surface area contributed by atoms with Gasteiger partial charge < -0.3 is 18.1 Å². The summed E-state index contributed by atoms with van der Waals surface area (Å²) in [6.07, 6.45) is 0. The van der Waals surface area contributed by atoms with Crippen LogP contribution in [0.25, 0.3) is 25.9 Å². The fourth-order valence-corrected chi connectivity index (χ4v) is 3.49. The Hall–Kier alpha value is -1.84. The average Bonchev–Trinajstić information content (AvgIpc) is 2.77. The van der Waals surface area contributed by atoms with Crippen LogP contribution in [-0.4, -0.2) is 0 Å². The lowest BCUT2D eigenvalue weighted by atomic mass is 10.2. The Morgan fingerprint density at radius 3 is 2.63 bits per heavy atom. The van der Waals surface area contributed by atoms with Gasteiger partial charge in [0, 0.05) is 29.3 Å². The van der Waals surface area contributed by atoms with Crippen LogP contribution in [0.1, 0.15) is 0 Å². The zero-order valence-corrected chi connectivity index (χ0v) is 11.6. The van der Waals surface area contributed by atoms with Crippen molar-refractivity contribution in [3.05, 3.63) is 54.6 Å². The van der Waals surface area contributed by atoms with Crippen LogP contribution < -0.4 is 22.5 Å². The van der Waals surface area contributed by atoms with Crippen LogP contribution in [0, 0.1) is 0 Å². The number of thiazole rings is 1. The number of nitrogen functional groups attached to an aromatic ring is 1. The highest BCUT2D eigenvalue weighted by molar-refractivity contribution is 7.23. The molecule has 2 heterocycles. The molecule has 0 radical (unpaired) electrons. The van der Waals surface area contributed by atoms with E-state index in [1.165, 1.54) is 25.9 Å². The number of fused-ring (bicyclic) bond motifs is 5. The van der Waals surface area contributed by atoms with Crippen LogP contribution in [0.3, 0.4) is 0 Å². The summed E-state index contributed by atoms with van der Waals surface area (Å²) in [7, 11) is 0. The first-order valence-corrected chi connectivity index (χ1v) is 6.66. The number of benzene rings is 2. The van der Waals surface area contributed by atoms with Gasteiger partial charge in [-0.1, -0.05) is 23.5 Å². The molecule has 0 aliphatic carbocycles. The molecule has 2 aromatic carbocycles. The molecular weight excluding hydrogens is 276 g/mol.